The van der Waals surface area contributed by atoms with E-state index in [4.69, 9.17) is 4.98 Å². The van der Waals surface area contributed by atoms with Crippen molar-refractivity contribution in [2.75, 3.05) is 5.32 Å². The van der Waals surface area contributed by atoms with Crippen LogP contribution in [0.3, 0.4) is 0 Å². The monoisotopic (exact) mass is 417 g/mol. The number of nitrogens with one attached hydrogen (secondary N) is 1. The number of benzene rings is 1. The molecule has 0 saturated heterocycles. The number of imidazole rings is 1. The number of carbonyl (C=O) groups excluding carboxylic acids is 1. The van der Waals surface area contributed by atoms with Crippen LogP contribution in [0.25, 0.3) is 16.8 Å². The van der Waals surface area contributed by atoms with Gasteiger partial charge in [0, 0.05) is 23.9 Å². The Hall–Kier alpha value is -3.29. The summed E-state index contributed by atoms with van der Waals surface area (Å²) in [6, 6.07) is 8.52. The molecule has 1 saturated carbocycles. The van der Waals surface area contributed by atoms with Crippen molar-refractivity contribution in [3.63, 3.8) is 0 Å². The summed E-state index contributed by atoms with van der Waals surface area (Å²) in [5.74, 6) is 1.21. The second kappa shape index (κ2) is 8.09. The zero-order valence-electron chi connectivity index (χ0n) is 18.0. The Morgan fingerprint density at radius 1 is 1.13 bits per heavy atom. The molecule has 5 rings (SSSR count). The first kappa shape index (κ1) is 19.7. The average Bonchev–Trinajstić information content (AvgIpc) is 3.38. The number of carbonyl (C=O) groups is 1. The molecule has 1 aromatic carbocycles. The van der Waals surface area contributed by atoms with Gasteiger partial charge in [0.05, 0.1) is 11.0 Å². The molecule has 1 fully saturated rings. The van der Waals surface area contributed by atoms with Crippen LogP contribution in [0.15, 0.2) is 30.6 Å². The van der Waals surface area contributed by atoms with E-state index in [0.717, 1.165) is 40.8 Å². The van der Waals surface area contributed by atoms with Gasteiger partial charge in [0.15, 0.2) is 0 Å². The van der Waals surface area contributed by atoms with E-state index in [0.29, 0.717) is 30.6 Å². The number of nitrogens with zero attached hydrogens (tertiary/aromatic N) is 6. The molecule has 3 heterocycles. The first-order valence-electron chi connectivity index (χ1n) is 11.0. The number of hydrogen-bond donors (Lipinski definition) is 1. The molecule has 1 amide bonds. The third kappa shape index (κ3) is 3.66. The summed E-state index contributed by atoms with van der Waals surface area (Å²) < 4.78 is 3.97. The standard InChI is InChI=1S/C23H27N7O/c1-15-18(16(2)30-22(26-15)24-14-25-30)12-13-21(31)28-23-27-19-10-6-7-11-20(19)29(23)17-8-4-3-5-9-17/h6-7,10-11,14,17H,3-5,8-9,12-13H2,1-2H3,(H,27,28,31). The van der Waals surface area contributed by atoms with Gasteiger partial charge in [0.2, 0.25) is 11.9 Å². The minimum Gasteiger partial charge on any atom is -0.307 e. The van der Waals surface area contributed by atoms with Crippen LogP contribution >= 0.6 is 0 Å². The van der Waals surface area contributed by atoms with E-state index in [9.17, 15) is 4.79 Å². The fourth-order valence-electron chi connectivity index (χ4n) is 4.78. The summed E-state index contributed by atoms with van der Waals surface area (Å²) in [5.41, 5.74) is 4.92. The molecule has 31 heavy (non-hydrogen) atoms. The zero-order chi connectivity index (χ0) is 21.4. The summed E-state index contributed by atoms with van der Waals surface area (Å²) in [6.07, 6.45) is 8.44. The van der Waals surface area contributed by atoms with E-state index in [1.807, 2.05) is 32.0 Å². The fourth-order valence-corrected chi connectivity index (χ4v) is 4.78. The highest BCUT2D eigenvalue weighted by Crippen LogP contribution is 2.34. The van der Waals surface area contributed by atoms with E-state index < -0.39 is 0 Å². The number of aryl methyl sites for hydroxylation is 2. The van der Waals surface area contributed by atoms with Gasteiger partial charge in [-0.25, -0.2) is 14.5 Å². The van der Waals surface area contributed by atoms with Crippen LogP contribution in [-0.4, -0.2) is 35.0 Å². The Morgan fingerprint density at radius 3 is 2.77 bits per heavy atom. The predicted molar refractivity (Wildman–Crippen MR) is 119 cm³/mol. The van der Waals surface area contributed by atoms with Gasteiger partial charge in [-0.1, -0.05) is 31.4 Å². The Labute approximate surface area is 180 Å². The number of para-hydroxylation sites is 2. The van der Waals surface area contributed by atoms with E-state index in [1.165, 1.54) is 25.6 Å². The van der Waals surface area contributed by atoms with Crippen LogP contribution in [0.2, 0.25) is 0 Å². The lowest BCUT2D eigenvalue weighted by atomic mass is 9.95. The highest BCUT2D eigenvalue weighted by molar-refractivity contribution is 5.91. The lowest BCUT2D eigenvalue weighted by Gasteiger charge is -2.25. The van der Waals surface area contributed by atoms with Gasteiger partial charge in [0.1, 0.15) is 6.33 Å². The van der Waals surface area contributed by atoms with Crippen molar-refractivity contribution in [3.05, 3.63) is 47.5 Å². The molecule has 0 aliphatic heterocycles. The maximum absolute atomic E-state index is 12.9. The summed E-state index contributed by atoms with van der Waals surface area (Å²) in [6.45, 7) is 3.95. The lowest BCUT2D eigenvalue weighted by molar-refractivity contribution is -0.116. The Balaban J connectivity index is 1.37. The topological polar surface area (TPSA) is 90.0 Å². The Morgan fingerprint density at radius 2 is 1.94 bits per heavy atom. The number of rotatable bonds is 5. The zero-order valence-corrected chi connectivity index (χ0v) is 18.0. The number of anilines is 1. The predicted octanol–water partition coefficient (Wildman–Crippen LogP) is 4.17. The minimum atomic E-state index is -0.0372. The van der Waals surface area contributed by atoms with Crippen LogP contribution < -0.4 is 5.32 Å². The van der Waals surface area contributed by atoms with Gasteiger partial charge in [0.25, 0.3) is 5.78 Å². The number of amides is 1. The second-order valence-corrected chi connectivity index (χ2v) is 8.37. The summed E-state index contributed by atoms with van der Waals surface area (Å²) in [4.78, 5) is 26.3. The highest BCUT2D eigenvalue weighted by Gasteiger charge is 2.22. The molecular weight excluding hydrogens is 390 g/mol. The summed E-state index contributed by atoms with van der Waals surface area (Å²) >= 11 is 0. The molecule has 0 spiro atoms. The molecule has 1 aliphatic rings. The van der Waals surface area contributed by atoms with Crippen molar-refractivity contribution < 1.29 is 4.79 Å². The van der Waals surface area contributed by atoms with Crippen molar-refractivity contribution in [1.82, 2.24) is 29.1 Å². The van der Waals surface area contributed by atoms with E-state index in [-0.39, 0.29) is 5.91 Å². The molecule has 4 aromatic rings. The number of aromatic nitrogens is 6. The molecule has 0 bridgehead atoms. The van der Waals surface area contributed by atoms with Crippen molar-refractivity contribution in [1.29, 1.82) is 0 Å². The molecular formula is C23H27N7O. The lowest BCUT2D eigenvalue weighted by Crippen LogP contribution is -2.20. The van der Waals surface area contributed by atoms with E-state index in [2.05, 4.69) is 31.0 Å². The smallest absolute Gasteiger partial charge is 0.252 e. The van der Waals surface area contributed by atoms with Crippen molar-refractivity contribution in [2.45, 2.75) is 64.8 Å². The van der Waals surface area contributed by atoms with Gasteiger partial charge >= 0.3 is 0 Å². The van der Waals surface area contributed by atoms with Gasteiger partial charge in [-0.05, 0) is 50.8 Å². The molecule has 1 aliphatic carbocycles. The van der Waals surface area contributed by atoms with Crippen LogP contribution in [0.5, 0.6) is 0 Å². The quantitative estimate of drug-likeness (QED) is 0.526. The van der Waals surface area contributed by atoms with Gasteiger partial charge in [-0.3, -0.25) is 10.1 Å². The molecule has 8 nitrogen and oxygen atoms in total. The van der Waals surface area contributed by atoms with Crippen molar-refractivity contribution in [2.24, 2.45) is 0 Å². The number of hydrogen-bond acceptors (Lipinski definition) is 5. The molecule has 0 atom stereocenters. The Bertz CT molecular complexity index is 1250. The number of fused-ring (bicyclic) bond motifs is 2. The highest BCUT2D eigenvalue weighted by atomic mass is 16.1. The van der Waals surface area contributed by atoms with Gasteiger partial charge in [-0.15, -0.1) is 0 Å². The third-order valence-electron chi connectivity index (χ3n) is 6.38. The molecule has 1 N–H and O–H groups in total. The van der Waals surface area contributed by atoms with Crippen molar-refractivity contribution in [3.8, 4) is 0 Å². The van der Waals surface area contributed by atoms with Crippen LogP contribution in [0.1, 0.15) is 61.5 Å². The van der Waals surface area contributed by atoms with E-state index in [1.54, 1.807) is 4.52 Å². The normalized spacial score (nSPS) is 15.0. The van der Waals surface area contributed by atoms with Crippen LogP contribution in [0.4, 0.5) is 5.95 Å². The van der Waals surface area contributed by atoms with E-state index >= 15 is 0 Å². The Kier molecular flexibility index (Phi) is 5.13. The largest absolute Gasteiger partial charge is 0.307 e. The van der Waals surface area contributed by atoms with Crippen LogP contribution in [0, 0.1) is 13.8 Å². The van der Waals surface area contributed by atoms with Crippen molar-refractivity contribution >= 4 is 28.7 Å². The molecule has 0 unspecified atom stereocenters. The average molecular weight is 418 g/mol. The second-order valence-electron chi connectivity index (χ2n) is 8.37. The summed E-state index contributed by atoms with van der Waals surface area (Å²) in [7, 11) is 0. The molecule has 0 radical (unpaired) electrons. The van der Waals surface area contributed by atoms with Gasteiger partial charge < -0.3 is 4.57 Å². The van der Waals surface area contributed by atoms with Crippen LogP contribution in [-0.2, 0) is 11.2 Å². The third-order valence-corrected chi connectivity index (χ3v) is 6.38. The molecule has 3 aromatic heterocycles. The minimum absolute atomic E-state index is 0.0372. The summed E-state index contributed by atoms with van der Waals surface area (Å²) in [5, 5.41) is 7.33. The SMILES string of the molecule is Cc1nc2ncnn2c(C)c1CCC(=O)Nc1nc2ccccc2n1C1CCCCC1. The first-order chi connectivity index (χ1) is 15.1. The van der Waals surface area contributed by atoms with Gasteiger partial charge in [-0.2, -0.15) is 10.1 Å². The maximum Gasteiger partial charge on any atom is 0.252 e. The molecule has 160 valence electrons. The maximum atomic E-state index is 12.9. The first-order valence-corrected chi connectivity index (χ1v) is 11.0. The fraction of sp³-hybridized carbons (Fsp3) is 0.435. The molecule has 8 heteroatoms.